The number of carbonyl (C=O) groups excluding carboxylic acids is 1. The first-order chi connectivity index (χ1) is 7.84. The minimum atomic E-state index is -1.66. The molecule has 0 aliphatic rings. The van der Waals surface area contributed by atoms with E-state index >= 15 is 0 Å². The first kappa shape index (κ1) is 14.0. The van der Waals surface area contributed by atoms with Gasteiger partial charge < -0.3 is 9.15 Å². The van der Waals surface area contributed by atoms with Crippen molar-refractivity contribution in [2.75, 3.05) is 12.9 Å². The van der Waals surface area contributed by atoms with Crippen molar-refractivity contribution in [1.29, 1.82) is 0 Å². The lowest BCUT2D eigenvalue weighted by atomic mass is 9.94. The standard InChI is InChI=1S/C11H16FNO3S/c1-11(2,3)8-5-13-10(16-8)17-6-7(12)9(14)15-4/h5,7H,6H2,1-4H3/t7-/m0/s1. The van der Waals surface area contributed by atoms with Crippen molar-refractivity contribution in [2.45, 2.75) is 37.6 Å². The molecule has 0 aliphatic carbocycles. The number of hydrogen-bond donors (Lipinski definition) is 0. The SMILES string of the molecule is COC(=O)[C@@H](F)CSc1ncc(C(C)(C)C)o1. The lowest BCUT2D eigenvalue weighted by Gasteiger charge is -2.12. The van der Waals surface area contributed by atoms with Gasteiger partial charge in [0.15, 0.2) is 0 Å². The van der Waals surface area contributed by atoms with E-state index in [9.17, 15) is 9.18 Å². The predicted molar refractivity (Wildman–Crippen MR) is 62.8 cm³/mol. The molecular formula is C11H16FNO3S. The van der Waals surface area contributed by atoms with Crippen LogP contribution in [0.2, 0.25) is 0 Å². The van der Waals surface area contributed by atoms with Crippen LogP contribution in [0.25, 0.3) is 0 Å². The topological polar surface area (TPSA) is 52.3 Å². The highest BCUT2D eigenvalue weighted by Gasteiger charge is 2.22. The molecule has 0 amide bonds. The van der Waals surface area contributed by atoms with E-state index in [2.05, 4.69) is 9.72 Å². The van der Waals surface area contributed by atoms with Crippen LogP contribution in [-0.4, -0.2) is 30.0 Å². The fraction of sp³-hybridized carbons (Fsp3) is 0.636. The van der Waals surface area contributed by atoms with Crippen LogP contribution in [0, 0.1) is 0 Å². The number of rotatable bonds is 4. The van der Waals surface area contributed by atoms with Crippen LogP contribution >= 0.6 is 11.8 Å². The van der Waals surface area contributed by atoms with Crippen molar-refractivity contribution in [1.82, 2.24) is 4.98 Å². The summed E-state index contributed by atoms with van der Waals surface area (Å²) >= 11 is 1.06. The summed E-state index contributed by atoms with van der Waals surface area (Å²) in [6.07, 6.45) is -0.0387. The number of halogens is 1. The number of thioether (sulfide) groups is 1. The van der Waals surface area contributed by atoms with E-state index in [1.54, 1.807) is 6.20 Å². The van der Waals surface area contributed by atoms with Gasteiger partial charge in [-0.1, -0.05) is 32.5 Å². The molecule has 1 aromatic heterocycles. The van der Waals surface area contributed by atoms with Gasteiger partial charge >= 0.3 is 5.97 Å². The summed E-state index contributed by atoms with van der Waals surface area (Å²) in [6.45, 7) is 5.98. The number of hydrogen-bond acceptors (Lipinski definition) is 5. The Morgan fingerprint density at radius 2 is 2.29 bits per heavy atom. The first-order valence-electron chi connectivity index (χ1n) is 5.15. The van der Waals surface area contributed by atoms with Gasteiger partial charge in [0.05, 0.1) is 13.3 Å². The molecule has 0 aliphatic heterocycles. The Balaban J connectivity index is 2.53. The van der Waals surface area contributed by atoms with Crippen LogP contribution in [0.3, 0.4) is 0 Å². The molecule has 0 spiro atoms. The van der Waals surface area contributed by atoms with Crippen LogP contribution < -0.4 is 0 Å². The fourth-order valence-electron chi connectivity index (χ4n) is 1.01. The van der Waals surface area contributed by atoms with Crippen LogP contribution in [-0.2, 0) is 14.9 Å². The van der Waals surface area contributed by atoms with E-state index in [-0.39, 0.29) is 11.2 Å². The molecule has 1 heterocycles. The summed E-state index contributed by atoms with van der Waals surface area (Å²) in [4.78, 5) is 14.9. The summed E-state index contributed by atoms with van der Waals surface area (Å²) in [5.41, 5.74) is -0.136. The number of aromatic nitrogens is 1. The maximum Gasteiger partial charge on any atom is 0.341 e. The summed E-state index contributed by atoms with van der Waals surface area (Å²) in [5.74, 6) is -0.204. The van der Waals surface area contributed by atoms with Crippen molar-refractivity contribution in [2.24, 2.45) is 0 Å². The molecule has 0 bridgehead atoms. The first-order valence-corrected chi connectivity index (χ1v) is 6.14. The highest BCUT2D eigenvalue weighted by Crippen LogP contribution is 2.27. The van der Waals surface area contributed by atoms with Gasteiger partial charge in [-0.25, -0.2) is 14.2 Å². The molecule has 96 valence electrons. The van der Waals surface area contributed by atoms with E-state index in [0.29, 0.717) is 5.22 Å². The number of esters is 1. The number of carbonyl (C=O) groups is 1. The molecule has 1 aromatic rings. The van der Waals surface area contributed by atoms with Gasteiger partial charge in [-0.2, -0.15) is 0 Å². The van der Waals surface area contributed by atoms with Crippen molar-refractivity contribution in [3.63, 3.8) is 0 Å². The maximum atomic E-state index is 13.2. The zero-order valence-electron chi connectivity index (χ0n) is 10.3. The van der Waals surface area contributed by atoms with Crippen molar-refractivity contribution in [3.05, 3.63) is 12.0 Å². The normalized spacial score (nSPS) is 13.5. The third-order valence-electron chi connectivity index (χ3n) is 2.03. The third kappa shape index (κ3) is 4.03. The van der Waals surface area contributed by atoms with E-state index in [1.807, 2.05) is 20.8 Å². The monoisotopic (exact) mass is 261 g/mol. The Morgan fingerprint density at radius 3 is 2.76 bits per heavy atom. The van der Waals surface area contributed by atoms with Crippen molar-refractivity contribution < 1.29 is 18.3 Å². The van der Waals surface area contributed by atoms with Gasteiger partial charge in [0.2, 0.25) is 6.17 Å². The predicted octanol–water partition coefficient (Wildman–Crippen LogP) is 2.58. The van der Waals surface area contributed by atoms with Crippen LogP contribution in [0.5, 0.6) is 0 Å². The summed E-state index contributed by atoms with van der Waals surface area (Å²) in [5, 5.41) is 0.362. The van der Waals surface area contributed by atoms with E-state index < -0.39 is 12.1 Å². The highest BCUT2D eigenvalue weighted by molar-refractivity contribution is 7.99. The van der Waals surface area contributed by atoms with Gasteiger partial charge in [-0.3, -0.25) is 0 Å². The van der Waals surface area contributed by atoms with E-state index in [0.717, 1.165) is 24.6 Å². The Labute approximate surface area is 104 Å². The molecule has 0 fully saturated rings. The van der Waals surface area contributed by atoms with Gasteiger partial charge in [0.25, 0.3) is 5.22 Å². The number of ether oxygens (including phenoxy) is 1. The molecule has 0 aromatic carbocycles. The Kier molecular flexibility index (Phi) is 4.56. The number of nitrogens with zero attached hydrogens (tertiary/aromatic N) is 1. The molecular weight excluding hydrogens is 245 g/mol. The van der Waals surface area contributed by atoms with Crippen LogP contribution in [0.1, 0.15) is 26.5 Å². The number of methoxy groups -OCH3 is 1. The third-order valence-corrected chi connectivity index (χ3v) is 2.93. The lowest BCUT2D eigenvalue weighted by molar-refractivity contribution is -0.145. The molecule has 0 saturated heterocycles. The van der Waals surface area contributed by atoms with Gasteiger partial charge in [-0.15, -0.1) is 0 Å². The molecule has 0 saturated carbocycles. The number of oxazole rings is 1. The molecule has 1 rings (SSSR count). The number of alkyl halides is 1. The van der Waals surface area contributed by atoms with Crippen molar-refractivity contribution in [3.8, 4) is 0 Å². The minimum absolute atomic E-state index is 0.0588. The summed E-state index contributed by atoms with van der Waals surface area (Å²) in [7, 11) is 1.16. The Morgan fingerprint density at radius 1 is 1.65 bits per heavy atom. The van der Waals surface area contributed by atoms with Crippen molar-refractivity contribution >= 4 is 17.7 Å². The highest BCUT2D eigenvalue weighted by atomic mass is 32.2. The summed E-state index contributed by atoms with van der Waals surface area (Å²) < 4.78 is 22.9. The van der Waals surface area contributed by atoms with Crippen LogP contribution in [0.15, 0.2) is 15.8 Å². The van der Waals surface area contributed by atoms with Gasteiger partial charge in [-0.05, 0) is 0 Å². The average molecular weight is 261 g/mol. The Bertz CT molecular complexity index is 386. The molecule has 4 nitrogen and oxygen atoms in total. The molecule has 0 unspecified atom stereocenters. The lowest BCUT2D eigenvalue weighted by Crippen LogP contribution is -2.19. The largest absolute Gasteiger partial charge is 0.467 e. The maximum absolute atomic E-state index is 13.2. The average Bonchev–Trinajstić information content (AvgIpc) is 2.72. The van der Waals surface area contributed by atoms with Crippen LogP contribution in [0.4, 0.5) is 4.39 Å². The quantitative estimate of drug-likeness (QED) is 0.616. The zero-order valence-corrected chi connectivity index (χ0v) is 11.1. The summed E-state index contributed by atoms with van der Waals surface area (Å²) in [6, 6.07) is 0. The molecule has 0 N–H and O–H groups in total. The fourth-order valence-corrected chi connectivity index (χ4v) is 1.71. The molecule has 6 heteroatoms. The van der Waals surface area contributed by atoms with Gasteiger partial charge in [0.1, 0.15) is 5.76 Å². The smallest absolute Gasteiger partial charge is 0.341 e. The minimum Gasteiger partial charge on any atom is -0.467 e. The molecule has 0 radical (unpaired) electrons. The second-order valence-corrected chi connectivity index (χ2v) is 5.51. The second kappa shape index (κ2) is 5.53. The van der Waals surface area contributed by atoms with Gasteiger partial charge in [0, 0.05) is 11.2 Å². The van der Waals surface area contributed by atoms with E-state index in [1.165, 1.54) is 0 Å². The second-order valence-electron chi connectivity index (χ2n) is 4.54. The molecule has 17 heavy (non-hydrogen) atoms. The van der Waals surface area contributed by atoms with E-state index in [4.69, 9.17) is 4.42 Å². The zero-order chi connectivity index (χ0) is 13.1. The Hall–Kier alpha value is -1.04. The molecule has 1 atom stereocenters.